The molecule has 0 radical (unpaired) electrons. The first-order valence-electron chi connectivity index (χ1n) is 7.04. The van der Waals surface area contributed by atoms with Gasteiger partial charge < -0.3 is 15.3 Å². The van der Waals surface area contributed by atoms with Gasteiger partial charge in [-0.1, -0.05) is 20.8 Å². The fourth-order valence-corrected chi connectivity index (χ4v) is 2.05. The van der Waals surface area contributed by atoms with Gasteiger partial charge in [0, 0.05) is 12.6 Å². The molecule has 0 saturated carbocycles. The molecule has 0 amide bonds. The molecule has 4 nitrogen and oxygen atoms in total. The van der Waals surface area contributed by atoms with Gasteiger partial charge in [0.2, 0.25) is 0 Å². The molecule has 2 unspecified atom stereocenters. The van der Waals surface area contributed by atoms with Crippen LogP contribution in [0.3, 0.4) is 0 Å². The summed E-state index contributed by atoms with van der Waals surface area (Å²) in [6.45, 7) is 10.3. The number of nitrogens with zero attached hydrogens (tertiary/aromatic N) is 1. The minimum atomic E-state index is -0.742. The van der Waals surface area contributed by atoms with E-state index in [4.69, 9.17) is 5.11 Å². The first-order chi connectivity index (χ1) is 8.38. The maximum atomic E-state index is 11.1. The zero-order valence-electron chi connectivity index (χ0n) is 12.6. The Kier molecular flexibility index (Phi) is 9.02. The third-order valence-corrected chi connectivity index (χ3v) is 3.27. The van der Waals surface area contributed by atoms with E-state index in [9.17, 15) is 4.79 Å². The van der Waals surface area contributed by atoms with Crippen molar-refractivity contribution in [3.05, 3.63) is 0 Å². The van der Waals surface area contributed by atoms with Gasteiger partial charge in [-0.3, -0.25) is 4.79 Å². The Morgan fingerprint density at radius 3 is 2.39 bits per heavy atom. The van der Waals surface area contributed by atoms with E-state index >= 15 is 0 Å². The summed E-state index contributed by atoms with van der Waals surface area (Å²) in [5, 5.41) is 12.2. The summed E-state index contributed by atoms with van der Waals surface area (Å²) in [5.74, 6) is -0.0655. The molecule has 0 aromatic rings. The lowest BCUT2D eigenvalue weighted by molar-refractivity contribution is -0.139. The van der Waals surface area contributed by atoms with Crippen LogP contribution in [0.5, 0.6) is 0 Å². The summed E-state index contributed by atoms with van der Waals surface area (Å²) in [4.78, 5) is 13.3. The molecule has 0 rings (SSSR count). The van der Waals surface area contributed by atoms with Gasteiger partial charge in [-0.05, 0) is 45.7 Å². The molecule has 0 heterocycles. The summed E-state index contributed by atoms with van der Waals surface area (Å²) in [6, 6.07) is 0.0873. The first kappa shape index (κ1) is 17.4. The third-order valence-electron chi connectivity index (χ3n) is 3.27. The van der Waals surface area contributed by atoms with Crippen LogP contribution < -0.4 is 5.32 Å². The van der Waals surface area contributed by atoms with E-state index in [1.807, 2.05) is 6.92 Å². The van der Waals surface area contributed by atoms with Crippen molar-refractivity contribution in [1.82, 2.24) is 10.2 Å². The van der Waals surface area contributed by atoms with Crippen molar-refractivity contribution in [2.75, 3.05) is 20.1 Å². The molecule has 0 aromatic carbocycles. The fourth-order valence-electron chi connectivity index (χ4n) is 2.05. The fraction of sp³-hybridized carbons (Fsp3) is 0.929. The van der Waals surface area contributed by atoms with Crippen LogP contribution in [-0.4, -0.2) is 48.2 Å². The van der Waals surface area contributed by atoms with E-state index in [0.29, 0.717) is 18.4 Å². The number of nitrogens with one attached hydrogen (secondary N) is 1. The van der Waals surface area contributed by atoms with Gasteiger partial charge in [0.15, 0.2) is 0 Å². The molecular formula is C14H30N2O2. The Morgan fingerprint density at radius 2 is 1.94 bits per heavy atom. The van der Waals surface area contributed by atoms with Crippen LogP contribution in [0.4, 0.5) is 0 Å². The van der Waals surface area contributed by atoms with Crippen molar-refractivity contribution in [2.24, 2.45) is 5.92 Å². The van der Waals surface area contributed by atoms with E-state index in [1.165, 1.54) is 0 Å². The molecule has 0 aliphatic heterocycles. The third kappa shape index (κ3) is 7.67. The average Bonchev–Trinajstić information content (AvgIpc) is 2.27. The molecule has 4 heteroatoms. The number of hydrogen-bond donors (Lipinski definition) is 2. The minimum absolute atomic E-state index is 0.418. The lowest BCUT2D eigenvalue weighted by Gasteiger charge is -2.27. The SMILES string of the molecule is CCCNC(CCN(C)C(C)CC(C)C)C(=O)O. The van der Waals surface area contributed by atoms with Crippen LogP contribution in [0.25, 0.3) is 0 Å². The predicted octanol–water partition coefficient (Wildman–Crippen LogP) is 2.20. The van der Waals surface area contributed by atoms with Crippen molar-refractivity contribution in [3.8, 4) is 0 Å². The summed E-state index contributed by atoms with van der Waals surface area (Å²) in [6.07, 6.45) is 2.77. The summed E-state index contributed by atoms with van der Waals surface area (Å²) in [7, 11) is 2.08. The lowest BCUT2D eigenvalue weighted by atomic mass is 10.0. The van der Waals surface area contributed by atoms with E-state index in [1.54, 1.807) is 0 Å². The zero-order valence-corrected chi connectivity index (χ0v) is 12.6. The van der Waals surface area contributed by atoms with E-state index in [0.717, 1.165) is 25.9 Å². The molecule has 2 atom stereocenters. The van der Waals surface area contributed by atoms with Crippen LogP contribution in [0.2, 0.25) is 0 Å². The van der Waals surface area contributed by atoms with Gasteiger partial charge in [0.25, 0.3) is 0 Å². The van der Waals surface area contributed by atoms with E-state index < -0.39 is 12.0 Å². The second-order valence-electron chi connectivity index (χ2n) is 5.59. The van der Waals surface area contributed by atoms with Gasteiger partial charge in [-0.25, -0.2) is 0 Å². The van der Waals surface area contributed by atoms with Crippen LogP contribution in [0, 0.1) is 5.92 Å². The van der Waals surface area contributed by atoms with Gasteiger partial charge in [0.05, 0.1) is 0 Å². The molecule has 0 aliphatic rings. The van der Waals surface area contributed by atoms with Crippen LogP contribution in [0.15, 0.2) is 0 Å². The van der Waals surface area contributed by atoms with Gasteiger partial charge >= 0.3 is 5.97 Å². The summed E-state index contributed by atoms with van der Waals surface area (Å²) < 4.78 is 0. The van der Waals surface area contributed by atoms with Crippen LogP contribution in [-0.2, 0) is 4.79 Å². The van der Waals surface area contributed by atoms with Crippen molar-refractivity contribution in [3.63, 3.8) is 0 Å². The lowest BCUT2D eigenvalue weighted by Crippen LogP contribution is -2.41. The highest BCUT2D eigenvalue weighted by molar-refractivity contribution is 5.73. The Labute approximate surface area is 112 Å². The quantitative estimate of drug-likeness (QED) is 0.631. The predicted molar refractivity (Wildman–Crippen MR) is 75.9 cm³/mol. The monoisotopic (exact) mass is 258 g/mol. The number of carbonyl (C=O) groups is 1. The molecule has 18 heavy (non-hydrogen) atoms. The van der Waals surface area contributed by atoms with E-state index in [2.05, 4.69) is 38.0 Å². The topological polar surface area (TPSA) is 52.6 Å². The van der Waals surface area contributed by atoms with Crippen molar-refractivity contribution < 1.29 is 9.90 Å². The second kappa shape index (κ2) is 9.34. The summed E-state index contributed by atoms with van der Waals surface area (Å²) >= 11 is 0. The molecule has 0 bridgehead atoms. The number of rotatable bonds is 10. The van der Waals surface area contributed by atoms with Gasteiger partial charge in [0.1, 0.15) is 6.04 Å². The Bertz CT molecular complexity index is 232. The molecule has 0 fully saturated rings. The number of carboxylic acids is 1. The molecule has 0 saturated heterocycles. The standard InChI is InChI=1S/C14H30N2O2/c1-6-8-15-13(14(17)18)7-9-16(5)12(4)10-11(2)3/h11-13,15H,6-10H2,1-5H3,(H,17,18). The highest BCUT2D eigenvalue weighted by atomic mass is 16.4. The van der Waals surface area contributed by atoms with Crippen molar-refractivity contribution in [2.45, 2.75) is 59.0 Å². The number of carboxylic acid groups (broad SMARTS) is 1. The summed E-state index contributed by atoms with van der Waals surface area (Å²) in [5.41, 5.74) is 0. The highest BCUT2D eigenvalue weighted by Gasteiger charge is 2.18. The second-order valence-corrected chi connectivity index (χ2v) is 5.59. The maximum Gasteiger partial charge on any atom is 0.320 e. The first-order valence-corrected chi connectivity index (χ1v) is 7.04. The molecule has 0 aliphatic carbocycles. The van der Waals surface area contributed by atoms with E-state index in [-0.39, 0.29) is 0 Å². The van der Waals surface area contributed by atoms with Gasteiger partial charge in [-0.2, -0.15) is 0 Å². The largest absolute Gasteiger partial charge is 0.480 e. The smallest absolute Gasteiger partial charge is 0.320 e. The molecular weight excluding hydrogens is 228 g/mol. The highest BCUT2D eigenvalue weighted by Crippen LogP contribution is 2.10. The maximum absolute atomic E-state index is 11.1. The van der Waals surface area contributed by atoms with Crippen molar-refractivity contribution >= 4 is 5.97 Å². The molecule has 2 N–H and O–H groups in total. The Balaban J connectivity index is 4.05. The molecule has 108 valence electrons. The average molecular weight is 258 g/mol. The molecule has 0 aromatic heterocycles. The molecule has 0 spiro atoms. The Morgan fingerprint density at radius 1 is 1.33 bits per heavy atom. The number of aliphatic carboxylic acids is 1. The van der Waals surface area contributed by atoms with Crippen LogP contribution in [0.1, 0.15) is 47.0 Å². The minimum Gasteiger partial charge on any atom is -0.480 e. The number of hydrogen-bond acceptors (Lipinski definition) is 3. The normalized spacial score (nSPS) is 15.1. The zero-order chi connectivity index (χ0) is 14.1. The van der Waals surface area contributed by atoms with Crippen LogP contribution >= 0.6 is 0 Å². The van der Waals surface area contributed by atoms with Gasteiger partial charge in [-0.15, -0.1) is 0 Å². The van der Waals surface area contributed by atoms with Crippen molar-refractivity contribution in [1.29, 1.82) is 0 Å². The Hall–Kier alpha value is -0.610.